The summed E-state index contributed by atoms with van der Waals surface area (Å²) in [5.41, 5.74) is 1.49. The summed E-state index contributed by atoms with van der Waals surface area (Å²) in [6, 6.07) is 15.1. The van der Waals surface area contributed by atoms with Gasteiger partial charge in [0.1, 0.15) is 5.69 Å². The van der Waals surface area contributed by atoms with Gasteiger partial charge in [-0.1, -0.05) is 24.3 Å². The summed E-state index contributed by atoms with van der Waals surface area (Å²) in [6.45, 7) is 2.16. The molecule has 1 atom stereocenters. The number of carbonyl (C=O) groups is 1. The van der Waals surface area contributed by atoms with Crippen molar-refractivity contribution in [3.63, 3.8) is 0 Å². The maximum atomic E-state index is 12.6. The normalized spacial score (nSPS) is 17.0. The minimum Gasteiger partial charge on any atom is -0.338 e. The zero-order chi connectivity index (χ0) is 17.1. The quantitative estimate of drug-likeness (QED) is 0.728. The van der Waals surface area contributed by atoms with Gasteiger partial charge in [-0.15, -0.1) is 5.10 Å². The van der Waals surface area contributed by atoms with E-state index in [1.165, 1.54) is 0 Å². The highest BCUT2D eigenvalue weighted by atomic mass is 16.2. The maximum absolute atomic E-state index is 12.6. The third-order valence-corrected chi connectivity index (χ3v) is 4.45. The first-order chi connectivity index (χ1) is 12.3. The van der Waals surface area contributed by atoms with Crippen LogP contribution in [0.2, 0.25) is 0 Å². The molecule has 1 fully saturated rings. The Labute approximate surface area is 145 Å². The van der Waals surface area contributed by atoms with Crippen molar-refractivity contribution >= 4 is 5.91 Å². The summed E-state index contributed by atoms with van der Waals surface area (Å²) in [6.07, 6.45) is 2.67. The van der Waals surface area contributed by atoms with E-state index in [9.17, 15) is 4.79 Å². The van der Waals surface area contributed by atoms with Gasteiger partial charge in [0.15, 0.2) is 0 Å². The Hall–Kier alpha value is -3.09. The molecule has 1 saturated heterocycles. The molecule has 2 aromatic heterocycles. The van der Waals surface area contributed by atoms with E-state index in [0.717, 1.165) is 30.8 Å². The van der Waals surface area contributed by atoms with Crippen molar-refractivity contribution in [2.24, 2.45) is 5.92 Å². The predicted octanol–water partition coefficient (Wildman–Crippen LogP) is 1.90. The molecule has 1 aromatic carbocycles. The summed E-state index contributed by atoms with van der Waals surface area (Å²) >= 11 is 0. The maximum Gasteiger partial charge on any atom is 0.253 e. The van der Waals surface area contributed by atoms with E-state index >= 15 is 0 Å². The van der Waals surface area contributed by atoms with Gasteiger partial charge in [0.05, 0.1) is 0 Å². The van der Waals surface area contributed by atoms with Gasteiger partial charge in [0.2, 0.25) is 5.82 Å². The highest BCUT2D eigenvalue weighted by Gasteiger charge is 2.28. The van der Waals surface area contributed by atoms with Crippen LogP contribution in [-0.2, 0) is 6.54 Å². The molecule has 0 N–H and O–H groups in total. The van der Waals surface area contributed by atoms with E-state index in [1.54, 1.807) is 10.9 Å². The smallest absolute Gasteiger partial charge is 0.253 e. The molecular weight excluding hydrogens is 316 g/mol. The van der Waals surface area contributed by atoms with E-state index in [1.807, 2.05) is 53.4 Å². The Bertz CT molecular complexity index is 848. The van der Waals surface area contributed by atoms with Crippen LogP contribution in [0.3, 0.4) is 0 Å². The first kappa shape index (κ1) is 15.4. The molecule has 25 heavy (non-hydrogen) atoms. The van der Waals surface area contributed by atoms with E-state index < -0.39 is 0 Å². The Balaban J connectivity index is 1.44. The lowest BCUT2D eigenvalue weighted by Crippen LogP contribution is -2.29. The number of nitrogens with zero attached hydrogens (tertiary/aromatic N) is 6. The van der Waals surface area contributed by atoms with E-state index in [-0.39, 0.29) is 5.91 Å². The van der Waals surface area contributed by atoms with Crippen molar-refractivity contribution in [3.05, 3.63) is 60.3 Å². The van der Waals surface area contributed by atoms with Crippen LogP contribution in [0.1, 0.15) is 16.8 Å². The third kappa shape index (κ3) is 3.26. The second kappa shape index (κ2) is 6.80. The SMILES string of the molecule is O=C(c1ccccc1)N1CC[C@H](Cn2nnnc2-c2ccccn2)C1. The van der Waals surface area contributed by atoms with Gasteiger partial charge in [0, 0.05) is 31.4 Å². The lowest BCUT2D eigenvalue weighted by Gasteiger charge is -2.16. The van der Waals surface area contributed by atoms with Crippen LogP contribution in [0.5, 0.6) is 0 Å². The average Bonchev–Trinajstić information content (AvgIpc) is 3.33. The molecule has 1 aliphatic rings. The molecule has 0 unspecified atom stereocenters. The van der Waals surface area contributed by atoms with Crippen molar-refractivity contribution in [1.29, 1.82) is 0 Å². The second-order valence-corrected chi connectivity index (χ2v) is 6.17. The highest BCUT2D eigenvalue weighted by Crippen LogP contribution is 2.22. The average molecular weight is 334 g/mol. The minimum absolute atomic E-state index is 0.0877. The highest BCUT2D eigenvalue weighted by molar-refractivity contribution is 5.94. The Kier molecular flexibility index (Phi) is 4.20. The summed E-state index contributed by atoms with van der Waals surface area (Å²) in [5.74, 6) is 1.08. The van der Waals surface area contributed by atoms with Crippen molar-refractivity contribution < 1.29 is 4.79 Å². The fourth-order valence-electron chi connectivity index (χ4n) is 3.18. The monoisotopic (exact) mass is 334 g/mol. The summed E-state index contributed by atoms with van der Waals surface area (Å²) < 4.78 is 1.78. The third-order valence-electron chi connectivity index (χ3n) is 4.45. The second-order valence-electron chi connectivity index (χ2n) is 6.17. The number of benzene rings is 1. The Morgan fingerprint density at radius 2 is 1.96 bits per heavy atom. The molecule has 3 heterocycles. The zero-order valence-electron chi connectivity index (χ0n) is 13.7. The van der Waals surface area contributed by atoms with Gasteiger partial charge in [0.25, 0.3) is 5.91 Å². The first-order valence-electron chi connectivity index (χ1n) is 8.33. The van der Waals surface area contributed by atoms with Gasteiger partial charge in [-0.05, 0) is 47.0 Å². The number of aromatic nitrogens is 5. The molecule has 0 spiro atoms. The van der Waals surface area contributed by atoms with Crippen molar-refractivity contribution in [1.82, 2.24) is 30.1 Å². The number of tetrazole rings is 1. The van der Waals surface area contributed by atoms with Crippen molar-refractivity contribution in [2.75, 3.05) is 13.1 Å². The van der Waals surface area contributed by atoms with E-state index in [2.05, 4.69) is 20.5 Å². The molecule has 0 saturated carbocycles. The van der Waals surface area contributed by atoms with Crippen molar-refractivity contribution in [2.45, 2.75) is 13.0 Å². The molecule has 7 nitrogen and oxygen atoms in total. The lowest BCUT2D eigenvalue weighted by atomic mass is 10.1. The number of carbonyl (C=O) groups excluding carboxylic acids is 1. The molecule has 126 valence electrons. The van der Waals surface area contributed by atoms with Gasteiger partial charge >= 0.3 is 0 Å². The standard InChI is InChI=1S/C18H18N6O/c25-18(15-6-2-1-3-7-15)23-11-9-14(12-23)13-24-17(20-21-22-24)16-8-4-5-10-19-16/h1-8,10,14H,9,11-13H2/t14-/m0/s1. The summed E-state index contributed by atoms with van der Waals surface area (Å²) in [4.78, 5) is 18.8. The molecule has 1 amide bonds. The number of pyridine rings is 1. The van der Waals surface area contributed by atoms with Gasteiger partial charge < -0.3 is 4.90 Å². The first-order valence-corrected chi connectivity index (χ1v) is 8.33. The molecule has 0 aliphatic carbocycles. The zero-order valence-corrected chi connectivity index (χ0v) is 13.7. The van der Waals surface area contributed by atoms with Crippen LogP contribution in [0.25, 0.3) is 11.5 Å². The van der Waals surface area contributed by atoms with Crippen LogP contribution < -0.4 is 0 Å². The molecule has 0 radical (unpaired) electrons. The summed E-state index contributed by atoms with van der Waals surface area (Å²) in [7, 11) is 0. The van der Waals surface area contributed by atoms with Crippen LogP contribution >= 0.6 is 0 Å². The number of rotatable bonds is 4. The van der Waals surface area contributed by atoms with E-state index in [0.29, 0.717) is 18.3 Å². The van der Waals surface area contributed by atoms with Gasteiger partial charge in [-0.2, -0.15) is 0 Å². The van der Waals surface area contributed by atoms with E-state index in [4.69, 9.17) is 0 Å². The molecule has 4 rings (SSSR count). The fourth-order valence-corrected chi connectivity index (χ4v) is 3.18. The molecule has 3 aromatic rings. The Morgan fingerprint density at radius 1 is 1.12 bits per heavy atom. The number of amides is 1. The van der Waals surface area contributed by atoms with Gasteiger partial charge in [-0.3, -0.25) is 9.78 Å². The predicted molar refractivity (Wildman–Crippen MR) is 91.5 cm³/mol. The molecule has 1 aliphatic heterocycles. The molecular formula is C18H18N6O. The van der Waals surface area contributed by atoms with Gasteiger partial charge in [-0.25, -0.2) is 4.68 Å². The van der Waals surface area contributed by atoms with Crippen LogP contribution in [-0.4, -0.2) is 49.1 Å². The minimum atomic E-state index is 0.0877. The van der Waals surface area contributed by atoms with Crippen LogP contribution in [0.4, 0.5) is 0 Å². The molecule has 7 heteroatoms. The number of hydrogen-bond donors (Lipinski definition) is 0. The lowest BCUT2D eigenvalue weighted by molar-refractivity contribution is 0.0785. The van der Waals surface area contributed by atoms with Crippen LogP contribution in [0.15, 0.2) is 54.7 Å². The topological polar surface area (TPSA) is 76.8 Å². The largest absolute Gasteiger partial charge is 0.338 e. The van der Waals surface area contributed by atoms with Crippen molar-refractivity contribution in [3.8, 4) is 11.5 Å². The molecule has 0 bridgehead atoms. The fraction of sp³-hybridized carbons (Fsp3) is 0.278. The number of hydrogen-bond acceptors (Lipinski definition) is 5. The Morgan fingerprint density at radius 3 is 2.76 bits per heavy atom. The van der Waals surface area contributed by atoms with Crippen LogP contribution in [0, 0.1) is 5.92 Å². The summed E-state index contributed by atoms with van der Waals surface area (Å²) in [5, 5.41) is 12.0. The number of likely N-dealkylation sites (tertiary alicyclic amines) is 1.